The number of hydrogen-bond donors (Lipinski definition) is 1. The molecule has 3 heterocycles. The Morgan fingerprint density at radius 2 is 1.96 bits per heavy atom. The molecule has 1 aliphatic rings. The average molecular weight is 408 g/mol. The third-order valence-electron chi connectivity index (χ3n) is 4.64. The smallest absolute Gasteiger partial charge is 0.234 e. The Morgan fingerprint density at radius 1 is 1.25 bits per heavy atom. The maximum Gasteiger partial charge on any atom is 0.234 e. The summed E-state index contributed by atoms with van der Waals surface area (Å²) in [6.07, 6.45) is 0. The van der Waals surface area contributed by atoms with Gasteiger partial charge in [0.15, 0.2) is 5.16 Å². The summed E-state index contributed by atoms with van der Waals surface area (Å²) in [6.45, 7) is 12.0. The first-order valence-corrected chi connectivity index (χ1v) is 10.5. The maximum atomic E-state index is 12.5. The third kappa shape index (κ3) is 4.67. The van der Waals surface area contributed by atoms with Gasteiger partial charge in [0.25, 0.3) is 0 Å². The first-order chi connectivity index (χ1) is 13.4. The molecule has 10 heteroatoms. The minimum atomic E-state index is -0.0729. The third-order valence-corrected chi connectivity index (χ3v) is 5.61. The standard InChI is InChI=1S/C18H29N7O2S/c1-12(2)10-25-17(24-6-8-27-9-7-24)20-21-18(25)28-11-15(26)19-16-13(3)22-23(5)14(16)4/h12H,6-11H2,1-5H3,(H,19,26). The van der Waals surface area contributed by atoms with Crippen molar-refractivity contribution in [2.24, 2.45) is 13.0 Å². The molecule has 28 heavy (non-hydrogen) atoms. The van der Waals surface area contributed by atoms with Crippen LogP contribution in [0.1, 0.15) is 25.2 Å². The average Bonchev–Trinajstić information content (AvgIpc) is 3.16. The zero-order chi connectivity index (χ0) is 20.3. The van der Waals surface area contributed by atoms with Crippen LogP contribution >= 0.6 is 11.8 Å². The van der Waals surface area contributed by atoms with Gasteiger partial charge in [0.1, 0.15) is 0 Å². The summed E-state index contributed by atoms with van der Waals surface area (Å²) in [7, 11) is 1.87. The van der Waals surface area contributed by atoms with Crippen LogP contribution in [0.2, 0.25) is 0 Å². The molecule has 1 amide bonds. The van der Waals surface area contributed by atoms with Gasteiger partial charge >= 0.3 is 0 Å². The van der Waals surface area contributed by atoms with Gasteiger partial charge in [0.2, 0.25) is 11.9 Å². The summed E-state index contributed by atoms with van der Waals surface area (Å²) >= 11 is 1.41. The summed E-state index contributed by atoms with van der Waals surface area (Å²) in [4.78, 5) is 14.7. The van der Waals surface area contributed by atoms with E-state index in [1.165, 1.54) is 11.8 Å². The maximum absolute atomic E-state index is 12.5. The van der Waals surface area contributed by atoms with E-state index in [0.717, 1.165) is 47.8 Å². The van der Waals surface area contributed by atoms with Crippen molar-refractivity contribution in [2.75, 3.05) is 42.3 Å². The van der Waals surface area contributed by atoms with Gasteiger partial charge in [-0.1, -0.05) is 25.6 Å². The summed E-state index contributed by atoms with van der Waals surface area (Å²) in [5, 5.41) is 16.8. The number of carbonyl (C=O) groups excluding carboxylic acids is 1. The van der Waals surface area contributed by atoms with Gasteiger partial charge in [0.05, 0.1) is 36.0 Å². The number of morpholine rings is 1. The summed E-state index contributed by atoms with van der Waals surface area (Å²) in [5.74, 6) is 1.51. The van der Waals surface area contributed by atoms with Crippen molar-refractivity contribution in [3.8, 4) is 0 Å². The molecule has 0 radical (unpaired) electrons. The van der Waals surface area contributed by atoms with E-state index < -0.39 is 0 Å². The minimum Gasteiger partial charge on any atom is -0.378 e. The molecule has 0 bridgehead atoms. The molecule has 154 valence electrons. The van der Waals surface area contributed by atoms with Crippen LogP contribution < -0.4 is 10.2 Å². The van der Waals surface area contributed by atoms with Crippen molar-refractivity contribution in [1.29, 1.82) is 0 Å². The number of hydrogen-bond acceptors (Lipinski definition) is 7. The normalized spacial score (nSPS) is 14.7. The van der Waals surface area contributed by atoms with E-state index in [1.807, 2.05) is 20.9 Å². The van der Waals surface area contributed by atoms with Crippen LogP contribution in [-0.4, -0.2) is 62.5 Å². The molecule has 3 rings (SSSR count). The van der Waals surface area contributed by atoms with E-state index in [1.54, 1.807) is 4.68 Å². The Kier molecular flexibility index (Phi) is 6.61. The number of nitrogens with zero attached hydrogens (tertiary/aromatic N) is 6. The lowest BCUT2D eigenvalue weighted by atomic mass is 10.2. The SMILES string of the molecule is Cc1nn(C)c(C)c1NC(=O)CSc1nnc(N2CCOCC2)n1CC(C)C. The quantitative estimate of drug-likeness (QED) is 0.701. The van der Waals surface area contributed by atoms with Crippen LogP contribution in [0.25, 0.3) is 0 Å². The summed E-state index contributed by atoms with van der Waals surface area (Å²) in [5.41, 5.74) is 2.54. The van der Waals surface area contributed by atoms with Crippen molar-refractivity contribution in [1.82, 2.24) is 24.5 Å². The van der Waals surface area contributed by atoms with E-state index in [0.29, 0.717) is 19.1 Å². The predicted molar refractivity (Wildman–Crippen MR) is 110 cm³/mol. The number of aromatic nitrogens is 5. The van der Waals surface area contributed by atoms with Gasteiger partial charge in [-0.05, 0) is 19.8 Å². The number of thioether (sulfide) groups is 1. The number of carbonyl (C=O) groups is 1. The Balaban J connectivity index is 1.69. The molecule has 0 aliphatic carbocycles. The van der Waals surface area contributed by atoms with Crippen LogP contribution in [0.3, 0.4) is 0 Å². The molecule has 0 aromatic carbocycles. The van der Waals surface area contributed by atoms with E-state index in [2.05, 4.69) is 43.9 Å². The van der Waals surface area contributed by atoms with Crippen molar-refractivity contribution in [3.05, 3.63) is 11.4 Å². The van der Waals surface area contributed by atoms with Gasteiger partial charge in [-0.2, -0.15) is 5.10 Å². The van der Waals surface area contributed by atoms with Crippen LogP contribution in [0, 0.1) is 19.8 Å². The van der Waals surface area contributed by atoms with Gasteiger partial charge < -0.3 is 15.0 Å². The number of anilines is 2. The highest BCUT2D eigenvalue weighted by Crippen LogP contribution is 2.25. The van der Waals surface area contributed by atoms with E-state index >= 15 is 0 Å². The lowest BCUT2D eigenvalue weighted by Gasteiger charge is -2.28. The molecule has 1 aliphatic heterocycles. The summed E-state index contributed by atoms with van der Waals surface area (Å²) in [6, 6.07) is 0. The Bertz CT molecular complexity index is 824. The highest BCUT2D eigenvalue weighted by atomic mass is 32.2. The Labute approximate surface area is 169 Å². The Morgan fingerprint density at radius 3 is 2.57 bits per heavy atom. The zero-order valence-corrected chi connectivity index (χ0v) is 18.0. The van der Waals surface area contributed by atoms with Gasteiger partial charge in [-0.15, -0.1) is 10.2 Å². The van der Waals surface area contributed by atoms with E-state index in [9.17, 15) is 4.79 Å². The highest BCUT2D eigenvalue weighted by Gasteiger charge is 2.22. The number of ether oxygens (including phenoxy) is 1. The molecule has 1 fully saturated rings. The van der Waals surface area contributed by atoms with Gasteiger partial charge in [-0.25, -0.2) is 0 Å². The molecule has 0 spiro atoms. The topological polar surface area (TPSA) is 90.1 Å². The van der Waals surface area contributed by atoms with Crippen LogP contribution in [0.5, 0.6) is 0 Å². The van der Waals surface area contributed by atoms with E-state index in [4.69, 9.17) is 4.74 Å². The highest BCUT2D eigenvalue weighted by molar-refractivity contribution is 7.99. The van der Waals surface area contributed by atoms with Crippen molar-refractivity contribution in [2.45, 2.75) is 39.4 Å². The molecule has 2 aromatic heterocycles. The van der Waals surface area contributed by atoms with Crippen molar-refractivity contribution < 1.29 is 9.53 Å². The fourth-order valence-corrected chi connectivity index (χ4v) is 3.91. The number of rotatable bonds is 7. The first-order valence-electron chi connectivity index (χ1n) is 9.55. The van der Waals surface area contributed by atoms with Crippen LogP contribution in [0.4, 0.5) is 11.6 Å². The minimum absolute atomic E-state index is 0.0729. The fraction of sp³-hybridized carbons (Fsp3) is 0.667. The fourth-order valence-electron chi connectivity index (χ4n) is 3.17. The second-order valence-electron chi connectivity index (χ2n) is 7.39. The predicted octanol–water partition coefficient (Wildman–Crippen LogP) is 1.85. The van der Waals surface area contributed by atoms with Crippen molar-refractivity contribution in [3.63, 3.8) is 0 Å². The second kappa shape index (κ2) is 8.95. The lowest BCUT2D eigenvalue weighted by molar-refractivity contribution is -0.113. The lowest BCUT2D eigenvalue weighted by Crippen LogP contribution is -2.38. The second-order valence-corrected chi connectivity index (χ2v) is 8.34. The van der Waals surface area contributed by atoms with Gasteiger partial charge in [-0.3, -0.25) is 14.0 Å². The molecule has 1 N–H and O–H groups in total. The summed E-state index contributed by atoms with van der Waals surface area (Å²) < 4.78 is 9.33. The van der Waals surface area contributed by atoms with Crippen LogP contribution in [0.15, 0.2) is 5.16 Å². The first kappa shape index (κ1) is 20.7. The molecule has 0 saturated carbocycles. The number of nitrogens with one attached hydrogen (secondary N) is 1. The van der Waals surface area contributed by atoms with Crippen molar-refractivity contribution >= 4 is 29.3 Å². The van der Waals surface area contributed by atoms with E-state index in [-0.39, 0.29) is 11.7 Å². The molecule has 0 atom stereocenters. The number of aryl methyl sites for hydroxylation is 2. The molecule has 0 unspecified atom stereocenters. The molecular weight excluding hydrogens is 378 g/mol. The number of amides is 1. The molecule has 9 nitrogen and oxygen atoms in total. The molecular formula is C18H29N7O2S. The Hall–Kier alpha value is -2.07. The molecule has 2 aromatic rings. The largest absolute Gasteiger partial charge is 0.378 e. The molecule has 1 saturated heterocycles. The van der Waals surface area contributed by atoms with Crippen LogP contribution in [-0.2, 0) is 23.1 Å². The monoisotopic (exact) mass is 407 g/mol. The van der Waals surface area contributed by atoms with Gasteiger partial charge in [0, 0.05) is 26.7 Å². The zero-order valence-electron chi connectivity index (χ0n) is 17.2.